The maximum absolute atomic E-state index is 14.0. The molecule has 0 saturated heterocycles. The predicted molar refractivity (Wildman–Crippen MR) is 145 cm³/mol. The van der Waals surface area contributed by atoms with Crippen LogP contribution in [0.3, 0.4) is 0 Å². The van der Waals surface area contributed by atoms with E-state index in [1.807, 2.05) is 0 Å². The normalized spacial score (nSPS) is 12.8. The lowest BCUT2D eigenvalue weighted by molar-refractivity contribution is 0.103. The van der Waals surface area contributed by atoms with Gasteiger partial charge in [0.1, 0.15) is 11.6 Å². The van der Waals surface area contributed by atoms with Gasteiger partial charge in [0, 0.05) is 23.3 Å². The fourth-order valence-electron chi connectivity index (χ4n) is 4.47. The molecule has 0 fully saturated rings. The lowest BCUT2D eigenvalue weighted by Gasteiger charge is -2.12. The number of anilines is 1. The number of halogens is 3. The van der Waals surface area contributed by atoms with E-state index in [1.165, 1.54) is 23.0 Å². The van der Waals surface area contributed by atoms with Crippen LogP contribution in [-0.4, -0.2) is 30.2 Å². The second-order valence-corrected chi connectivity index (χ2v) is 11.9. The third kappa shape index (κ3) is 5.30. The maximum atomic E-state index is 14.0. The molecule has 3 aromatic carbocycles. The number of hydrogen-bond donors (Lipinski definition) is 1. The second kappa shape index (κ2) is 9.94. The zero-order valence-corrected chi connectivity index (χ0v) is 22.4. The van der Waals surface area contributed by atoms with Crippen molar-refractivity contribution in [3.8, 4) is 17.2 Å². The number of aromatic nitrogens is 2. The first-order valence-corrected chi connectivity index (χ1v) is 14.2. The molecule has 1 heterocycles. The number of nitrogens with zero attached hydrogens (tertiary/aromatic N) is 2. The minimum Gasteiger partial charge on any atom is -0.454 e. The third-order valence-corrected chi connectivity index (χ3v) is 7.51. The summed E-state index contributed by atoms with van der Waals surface area (Å²) in [7, 11) is -3.28. The summed E-state index contributed by atoms with van der Waals surface area (Å²) >= 11 is 6.28. The van der Waals surface area contributed by atoms with Crippen LogP contribution in [0.4, 0.5) is 14.6 Å². The molecular weight excluding hydrogens is 548 g/mol. The maximum Gasteiger partial charge on any atom is 0.201 e. The molecule has 0 saturated carbocycles. The zero-order valence-electron chi connectivity index (χ0n) is 20.8. The van der Waals surface area contributed by atoms with Crippen molar-refractivity contribution in [3.05, 3.63) is 105 Å². The van der Waals surface area contributed by atoms with Crippen LogP contribution >= 0.6 is 11.6 Å². The minimum atomic E-state index is -3.28. The first-order valence-electron chi connectivity index (χ1n) is 11.7. The van der Waals surface area contributed by atoms with E-state index in [4.69, 9.17) is 22.1 Å². The van der Waals surface area contributed by atoms with Gasteiger partial charge >= 0.3 is 0 Å². The van der Waals surface area contributed by atoms with E-state index in [9.17, 15) is 22.0 Å². The number of allylic oxidation sites excluding steroid dienone is 1. The summed E-state index contributed by atoms with van der Waals surface area (Å²) in [4.78, 5) is 13.4. The number of ketones is 1. The highest BCUT2D eigenvalue weighted by Crippen LogP contribution is 2.34. The highest BCUT2D eigenvalue weighted by molar-refractivity contribution is 7.89. The van der Waals surface area contributed by atoms with E-state index < -0.39 is 21.5 Å². The Morgan fingerprint density at radius 1 is 1.18 bits per heavy atom. The molecule has 39 heavy (non-hydrogen) atoms. The number of fused-ring (bicyclic) bond motifs is 1. The second-order valence-electron chi connectivity index (χ2n) is 9.35. The van der Waals surface area contributed by atoms with Gasteiger partial charge in [0.15, 0.2) is 27.2 Å². The SMILES string of the molecule is Cc1cc(Oc2cccc(F)c2F)ccc1-n1ncc(C(=O)C2=Cc3cc(Cl)c(CS(C)(=O)=O)cc3C2)c1N. The molecule has 11 heteroatoms. The molecule has 1 aliphatic rings. The Morgan fingerprint density at radius 3 is 2.67 bits per heavy atom. The van der Waals surface area contributed by atoms with Crippen molar-refractivity contribution in [2.24, 2.45) is 0 Å². The molecular formula is C28H22ClF2N3O4S. The Morgan fingerprint density at radius 2 is 1.95 bits per heavy atom. The summed E-state index contributed by atoms with van der Waals surface area (Å²) in [6.07, 6.45) is 4.54. The smallest absolute Gasteiger partial charge is 0.201 e. The summed E-state index contributed by atoms with van der Waals surface area (Å²) in [5.74, 6) is -2.44. The molecule has 4 aromatic rings. The topological polar surface area (TPSA) is 104 Å². The molecule has 2 N–H and O–H groups in total. The Kier molecular flexibility index (Phi) is 6.77. The highest BCUT2D eigenvalue weighted by atomic mass is 35.5. The van der Waals surface area contributed by atoms with Gasteiger partial charge in [0.25, 0.3) is 0 Å². The molecule has 7 nitrogen and oxygen atoms in total. The number of nitrogen functional groups attached to an aromatic ring is 1. The average Bonchev–Trinajstić information content (AvgIpc) is 3.44. The number of aryl methyl sites for hydroxylation is 1. The monoisotopic (exact) mass is 569 g/mol. The zero-order chi connectivity index (χ0) is 28.1. The van der Waals surface area contributed by atoms with Gasteiger partial charge in [-0.2, -0.15) is 9.49 Å². The number of hydrogen-bond acceptors (Lipinski definition) is 6. The minimum absolute atomic E-state index is 0.126. The average molecular weight is 570 g/mol. The largest absolute Gasteiger partial charge is 0.454 e. The number of carbonyl (C=O) groups is 1. The molecule has 0 unspecified atom stereocenters. The standard InChI is InChI=1S/C28H22ClF2N3O4S/c1-15-8-20(38-25-5-3-4-23(30)26(25)31)6-7-24(15)34-28(32)21(13-33-34)27(35)18-9-16-11-19(14-39(2,36)37)22(29)12-17(16)10-18/h3-8,10-13H,9,14,32H2,1-2H3. The first-order chi connectivity index (χ1) is 18.4. The van der Waals surface area contributed by atoms with E-state index in [0.717, 1.165) is 23.4 Å². The number of nitrogens with two attached hydrogens (primary N) is 1. The van der Waals surface area contributed by atoms with Gasteiger partial charge in [-0.25, -0.2) is 17.5 Å². The van der Waals surface area contributed by atoms with Crippen molar-refractivity contribution in [3.63, 3.8) is 0 Å². The molecule has 1 aromatic heterocycles. The molecule has 0 spiro atoms. The van der Waals surface area contributed by atoms with E-state index in [0.29, 0.717) is 33.8 Å². The fraction of sp³-hybridized carbons (Fsp3) is 0.143. The number of Topliss-reactive ketones (excluding diaryl/α,β-unsaturated/α-hetero) is 1. The van der Waals surface area contributed by atoms with Crippen LogP contribution in [0.2, 0.25) is 5.02 Å². The summed E-state index contributed by atoms with van der Waals surface area (Å²) in [5.41, 5.74) is 10.3. The van der Waals surface area contributed by atoms with Gasteiger partial charge in [-0.3, -0.25) is 4.79 Å². The Bertz CT molecular complexity index is 1800. The van der Waals surface area contributed by atoms with Crippen LogP contribution in [0.1, 0.15) is 32.6 Å². The molecule has 0 bridgehead atoms. The van der Waals surface area contributed by atoms with Gasteiger partial charge in [-0.05, 0) is 71.7 Å². The first kappa shape index (κ1) is 26.6. The van der Waals surface area contributed by atoms with Crippen molar-refractivity contribution >= 4 is 39.1 Å². The van der Waals surface area contributed by atoms with Crippen molar-refractivity contribution in [1.29, 1.82) is 0 Å². The lowest BCUT2D eigenvalue weighted by Crippen LogP contribution is -2.09. The Labute approximate surface area is 228 Å². The Hall–Kier alpha value is -4.02. The molecule has 0 aliphatic heterocycles. The summed E-state index contributed by atoms with van der Waals surface area (Å²) < 4.78 is 57.9. The van der Waals surface area contributed by atoms with Crippen LogP contribution in [-0.2, 0) is 22.0 Å². The number of sulfone groups is 1. The summed E-state index contributed by atoms with van der Waals surface area (Å²) in [5, 5.41) is 4.62. The summed E-state index contributed by atoms with van der Waals surface area (Å²) in [6.45, 7) is 1.76. The van der Waals surface area contributed by atoms with Crippen LogP contribution in [0, 0.1) is 18.6 Å². The quantitative estimate of drug-likeness (QED) is 0.280. The van der Waals surface area contributed by atoms with Gasteiger partial charge in [-0.1, -0.05) is 23.7 Å². The predicted octanol–water partition coefficient (Wildman–Crippen LogP) is 5.85. The van der Waals surface area contributed by atoms with E-state index >= 15 is 0 Å². The summed E-state index contributed by atoms with van der Waals surface area (Å²) in [6, 6.07) is 11.9. The van der Waals surface area contributed by atoms with Crippen molar-refractivity contribution in [2.45, 2.75) is 19.1 Å². The van der Waals surface area contributed by atoms with Crippen LogP contribution in [0.15, 0.2) is 60.3 Å². The van der Waals surface area contributed by atoms with Crippen LogP contribution in [0.5, 0.6) is 11.5 Å². The molecule has 1 aliphatic carbocycles. The van der Waals surface area contributed by atoms with E-state index in [2.05, 4.69) is 5.10 Å². The van der Waals surface area contributed by atoms with Gasteiger partial charge in [0.2, 0.25) is 5.82 Å². The Balaban J connectivity index is 1.38. The molecule has 200 valence electrons. The number of rotatable bonds is 7. The number of benzene rings is 3. The van der Waals surface area contributed by atoms with Gasteiger partial charge in [0.05, 0.1) is 23.2 Å². The van der Waals surface area contributed by atoms with E-state index in [-0.39, 0.29) is 34.4 Å². The molecule has 0 amide bonds. The van der Waals surface area contributed by atoms with Crippen molar-refractivity contribution in [1.82, 2.24) is 9.78 Å². The van der Waals surface area contributed by atoms with Crippen molar-refractivity contribution < 1.29 is 26.7 Å². The number of carbonyl (C=O) groups excluding carboxylic acids is 1. The van der Waals surface area contributed by atoms with Crippen LogP contribution in [0.25, 0.3) is 11.8 Å². The fourth-order valence-corrected chi connectivity index (χ4v) is 5.59. The van der Waals surface area contributed by atoms with E-state index in [1.54, 1.807) is 43.3 Å². The lowest BCUT2D eigenvalue weighted by atomic mass is 10.0. The van der Waals surface area contributed by atoms with Crippen LogP contribution < -0.4 is 10.5 Å². The van der Waals surface area contributed by atoms with Gasteiger partial charge in [-0.15, -0.1) is 0 Å². The van der Waals surface area contributed by atoms with Gasteiger partial charge < -0.3 is 10.5 Å². The third-order valence-electron chi connectivity index (χ3n) is 6.32. The highest BCUT2D eigenvalue weighted by Gasteiger charge is 2.25. The molecule has 5 rings (SSSR count). The molecule has 0 radical (unpaired) electrons. The molecule has 0 atom stereocenters. The van der Waals surface area contributed by atoms with Crippen molar-refractivity contribution in [2.75, 3.05) is 12.0 Å². The number of ether oxygens (including phenoxy) is 1.